The second-order valence-electron chi connectivity index (χ2n) is 6.31. The highest BCUT2D eigenvalue weighted by molar-refractivity contribution is 5.29. The van der Waals surface area contributed by atoms with Gasteiger partial charge in [0.2, 0.25) is 0 Å². The van der Waals surface area contributed by atoms with Crippen LogP contribution in [0.1, 0.15) is 37.7 Å². The normalized spacial score (nSPS) is 25.9. The molecule has 0 aromatic heterocycles. The van der Waals surface area contributed by atoms with Gasteiger partial charge in [-0.15, -0.1) is 0 Å². The molecular weight excluding hydrogens is 253 g/mol. The van der Waals surface area contributed by atoms with E-state index < -0.39 is 0 Å². The van der Waals surface area contributed by atoms with E-state index in [-0.39, 0.29) is 5.82 Å². The van der Waals surface area contributed by atoms with Crippen molar-refractivity contribution in [3.8, 4) is 5.75 Å². The fraction of sp³-hybridized carbons (Fsp3) is 0.647. The topological polar surface area (TPSA) is 21.3 Å². The second-order valence-corrected chi connectivity index (χ2v) is 6.31. The third-order valence-corrected chi connectivity index (χ3v) is 4.78. The van der Waals surface area contributed by atoms with Crippen LogP contribution < -0.4 is 10.1 Å². The molecule has 20 heavy (non-hydrogen) atoms. The van der Waals surface area contributed by atoms with E-state index in [0.29, 0.717) is 11.7 Å². The highest BCUT2D eigenvalue weighted by Gasteiger charge is 2.29. The molecule has 1 N–H and O–H groups in total. The molecule has 0 spiro atoms. The van der Waals surface area contributed by atoms with Crippen LogP contribution in [0, 0.1) is 17.7 Å². The lowest BCUT2D eigenvalue weighted by atomic mass is 9.89. The molecule has 0 aliphatic heterocycles. The third kappa shape index (κ3) is 3.32. The van der Waals surface area contributed by atoms with Gasteiger partial charge >= 0.3 is 0 Å². The summed E-state index contributed by atoms with van der Waals surface area (Å²) in [6.45, 7) is 1.15. The zero-order chi connectivity index (χ0) is 13.9. The predicted molar refractivity (Wildman–Crippen MR) is 78.5 cm³/mol. The van der Waals surface area contributed by atoms with Gasteiger partial charge < -0.3 is 10.1 Å². The van der Waals surface area contributed by atoms with Crippen molar-refractivity contribution in [3.05, 3.63) is 29.6 Å². The van der Waals surface area contributed by atoms with Crippen molar-refractivity contribution in [1.82, 2.24) is 5.32 Å². The maximum atomic E-state index is 13.7. The van der Waals surface area contributed by atoms with E-state index in [2.05, 4.69) is 5.32 Å². The number of methoxy groups -OCH3 is 1. The van der Waals surface area contributed by atoms with Gasteiger partial charge in [0.05, 0.1) is 7.11 Å². The first-order chi connectivity index (χ1) is 9.76. The van der Waals surface area contributed by atoms with Gasteiger partial charge in [-0.05, 0) is 68.2 Å². The van der Waals surface area contributed by atoms with Crippen LogP contribution in [0.5, 0.6) is 5.75 Å². The van der Waals surface area contributed by atoms with E-state index in [9.17, 15) is 4.39 Å². The summed E-state index contributed by atoms with van der Waals surface area (Å²) in [5, 5.41) is 3.65. The molecule has 3 rings (SSSR count). The van der Waals surface area contributed by atoms with Crippen molar-refractivity contribution in [3.63, 3.8) is 0 Å². The van der Waals surface area contributed by atoms with Crippen LogP contribution >= 0.6 is 0 Å². The summed E-state index contributed by atoms with van der Waals surface area (Å²) >= 11 is 0. The van der Waals surface area contributed by atoms with Crippen molar-refractivity contribution in [2.24, 2.45) is 11.8 Å². The highest BCUT2D eigenvalue weighted by atomic mass is 19.1. The van der Waals surface area contributed by atoms with E-state index >= 15 is 0 Å². The molecule has 110 valence electrons. The Morgan fingerprint density at radius 3 is 2.70 bits per heavy atom. The van der Waals surface area contributed by atoms with Crippen LogP contribution in [-0.2, 0) is 6.42 Å². The van der Waals surface area contributed by atoms with Gasteiger partial charge in [-0.2, -0.15) is 0 Å². The number of hydrogen-bond donors (Lipinski definition) is 1. The van der Waals surface area contributed by atoms with Crippen LogP contribution in [0.25, 0.3) is 0 Å². The van der Waals surface area contributed by atoms with Crippen molar-refractivity contribution < 1.29 is 9.13 Å². The van der Waals surface area contributed by atoms with Crippen LogP contribution in [0.3, 0.4) is 0 Å². The number of benzene rings is 1. The first kappa shape index (κ1) is 13.9. The van der Waals surface area contributed by atoms with Crippen molar-refractivity contribution >= 4 is 0 Å². The van der Waals surface area contributed by atoms with Crippen molar-refractivity contribution in [1.29, 1.82) is 0 Å². The molecule has 3 heteroatoms. The smallest absolute Gasteiger partial charge is 0.165 e. The van der Waals surface area contributed by atoms with Crippen LogP contribution in [0.4, 0.5) is 4.39 Å². The molecule has 2 saturated carbocycles. The molecular formula is C17H24FNO. The fourth-order valence-corrected chi connectivity index (χ4v) is 3.40. The summed E-state index contributed by atoms with van der Waals surface area (Å²) in [4.78, 5) is 0. The van der Waals surface area contributed by atoms with Gasteiger partial charge in [-0.3, -0.25) is 0 Å². The van der Waals surface area contributed by atoms with Gasteiger partial charge in [-0.25, -0.2) is 4.39 Å². The third-order valence-electron chi connectivity index (χ3n) is 4.78. The lowest BCUT2D eigenvalue weighted by molar-refractivity contribution is 0.362. The lowest BCUT2D eigenvalue weighted by Gasteiger charge is -2.20. The Kier molecular flexibility index (Phi) is 4.25. The van der Waals surface area contributed by atoms with Gasteiger partial charge in [-0.1, -0.05) is 12.5 Å². The Balaban J connectivity index is 1.58. The summed E-state index contributed by atoms with van der Waals surface area (Å²) in [5.74, 6) is 1.57. The van der Waals surface area contributed by atoms with Crippen LogP contribution in [-0.4, -0.2) is 19.7 Å². The van der Waals surface area contributed by atoms with E-state index in [1.807, 2.05) is 6.07 Å². The summed E-state index contributed by atoms with van der Waals surface area (Å²) in [6, 6.07) is 6.18. The zero-order valence-electron chi connectivity index (χ0n) is 12.2. The predicted octanol–water partition coefficient (Wildman–Crippen LogP) is 3.55. The van der Waals surface area contributed by atoms with E-state index in [0.717, 1.165) is 30.5 Å². The number of nitrogens with one attached hydrogen (secondary N) is 1. The minimum Gasteiger partial charge on any atom is -0.494 e. The average Bonchev–Trinajstić information content (AvgIpc) is 3.17. The number of ether oxygens (including phenoxy) is 1. The molecule has 1 aromatic rings. The van der Waals surface area contributed by atoms with Gasteiger partial charge in [0.15, 0.2) is 11.6 Å². The molecule has 2 fully saturated rings. The zero-order valence-corrected chi connectivity index (χ0v) is 12.2. The fourth-order valence-electron chi connectivity index (χ4n) is 3.40. The summed E-state index contributed by atoms with van der Waals surface area (Å²) < 4.78 is 18.7. The van der Waals surface area contributed by atoms with Gasteiger partial charge in [0.1, 0.15) is 0 Å². The molecule has 0 bridgehead atoms. The van der Waals surface area contributed by atoms with Crippen LogP contribution in [0.15, 0.2) is 18.2 Å². The van der Waals surface area contributed by atoms with Gasteiger partial charge in [0.25, 0.3) is 0 Å². The largest absolute Gasteiger partial charge is 0.494 e. The Morgan fingerprint density at radius 1 is 1.20 bits per heavy atom. The molecule has 0 amide bonds. The molecule has 0 radical (unpaired) electrons. The number of hydrogen-bond acceptors (Lipinski definition) is 2. The minimum absolute atomic E-state index is 0.240. The van der Waals surface area contributed by atoms with Gasteiger partial charge in [0, 0.05) is 6.04 Å². The molecule has 2 atom stereocenters. The lowest BCUT2D eigenvalue weighted by Crippen LogP contribution is -2.27. The number of rotatable bonds is 6. The van der Waals surface area contributed by atoms with Crippen LogP contribution in [0.2, 0.25) is 0 Å². The highest BCUT2D eigenvalue weighted by Crippen LogP contribution is 2.35. The molecule has 2 nitrogen and oxygen atoms in total. The monoisotopic (exact) mass is 277 g/mol. The van der Waals surface area contributed by atoms with E-state index in [1.165, 1.54) is 39.2 Å². The summed E-state index contributed by atoms with van der Waals surface area (Å²) in [6.07, 6.45) is 7.62. The maximum absolute atomic E-state index is 13.7. The maximum Gasteiger partial charge on any atom is 0.165 e. The standard InChI is InChI=1S/C17H24FNO/c1-20-17-8-5-12(10-16(17)18)9-13-3-2-4-14(13)11-19-15-6-7-15/h5,8,10,13-15,19H,2-4,6-7,9,11H2,1H3. The Morgan fingerprint density at radius 2 is 2.00 bits per heavy atom. The minimum atomic E-state index is -0.240. The molecule has 1 aromatic carbocycles. The molecule has 2 aliphatic rings. The Labute approximate surface area is 120 Å². The first-order valence-corrected chi connectivity index (χ1v) is 7.82. The quantitative estimate of drug-likeness (QED) is 0.858. The Hall–Kier alpha value is -1.09. The van der Waals surface area contributed by atoms with Crippen molar-refractivity contribution in [2.75, 3.05) is 13.7 Å². The summed E-state index contributed by atoms with van der Waals surface area (Å²) in [5.41, 5.74) is 1.10. The molecule has 2 aliphatic carbocycles. The number of halogens is 1. The SMILES string of the molecule is COc1ccc(CC2CCCC2CNC2CC2)cc1F. The van der Waals surface area contributed by atoms with Crippen molar-refractivity contribution in [2.45, 2.75) is 44.6 Å². The second kappa shape index (κ2) is 6.13. The molecule has 0 heterocycles. The molecule has 2 unspecified atom stereocenters. The van der Waals surface area contributed by atoms with E-state index in [1.54, 1.807) is 12.1 Å². The Bertz CT molecular complexity index is 458. The summed E-state index contributed by atoms with van der Waals surface area (Å²) in [7, 11) is 1.51. The first-order valence-electron chi connectivity index (χ1n) is 7.82. The molecule has 0 saturated heterocycles. The average molecular weight is 277 g/mol. The van der Waals surface area contributed by atoms with E-state index in [4.69, 9.17) is 4.74 Å².